The molecular weight excluding hydrogens is 286 g/mol. The second-order valence-electron chi connectivity index (χ2n) is 6.47. The van der Waals surface area contributed by atoms with Crippen molar-refractivity contribution in [1.82, 2.24) is 10.2 Å². The maximum Gasteiger partial charge on any atom is 0.119 e. The van der Waals surface area contributed by atoms with Gasteiger partial charge in [0.25, 0.3) is 0 Å². The standard InChI is InChI=1S/C19H29N3O/c1-22-12-8-17(9-13-22)7-11-21-16-18-5-4-6-19(15-18)23-14-3-2-10-20/h4-6,15,17,21H,2-3,7-9,11-14,16H2,1H3. The van der Waals surface area contributed by atoms with E-state index in [9.17, 15) is 0 Å². The molecule has 0 unspecified atom stereocenters. The summed E-state index contributed by atoms with van der Waals surface area (Å²) in [6.07, 6.45) is 5.29. The molecule has 126 valence electrons. The molecule has 0 amide bonds. The molecule has 0 bridgehead atoms. The average molecular weight is 315 g/mol. The van der Waals surface area contributed by atoms with Crippen LogP contribution >= 0.6 is 0 Å². The summed E-state index contributed by atoms with van der Waals surface area (Å²) in [6.45, 7) is 5.08. The highest BCUT2D eigenvalue weighted by atomic mass is 16.5. The number of hydrogen-bond acceptors (Lipinski definition) is 4. The zero-order chi connectivity index (χ0) is 16.3. The van der Waals surface area contributed by atoms with Crippen LogP contribution in [0.25, 0.3) is 0 Å². The minimum atomic E-state index is 0.554. The fourth-order valence-corrected chi connectivity index (χ4v) is 2.98. The quantitative estimate of drug-likeness (QED) is 0.711. The van der Waals surface area contributed by atoms with Gasteiger partial charge in [-0.15, -0.1) is 0 Å². The number of likely N-dealkylation sites (tertiary alicyclic amines) is 1. The van der Waals surface area contributed by atoms with Gasteiger partial charge in [0.05, 0.1) is 12.7 Å². The first-order chi connectivity index (χ1) is 11.3. The van der Waals surface area contributed by atoms with Crippen LogP contribution in [0.2, 0.25) is 0 Å². The van der Waals surface area contributed by atoms with Crippen LogP contribution in [0.5, 0.6) is 5.75 Å². The van der Waals surface area contributed by atoms with Gasteiger partial charge >= 0.3 is 0 Å². The average Bonchev–Trinajstić information content (AvgIpc) is 2.58. The third-order valence-electron chi connectivity index (χ3n) is 4.50. The van der Waals surface area contributed by atoms with Crippen molar-refractivity contribution in [3.8, 4) is 11.8 Å². The number of ether oxygens (including phenoxy) is 1. The Balaban J connectivity index is 1.62. The third-order valence-corrected chi connectivity index (χ3v) is 4.50. The van der Waals surface area contributed by atoms with E-state index in [1.165, 1.54) is 37.9 Å². The van der Waals surface area contributed by atoms with Crippen LogP contribution in [0.15, 0.2) is 24.3 Å². The molecule has 0 saturated carbocycles. The smallest absolute Gasteiger partial charge is 0.119 e. The highest BCUT2D eigenvalue weighted by Crippen LogP contribution is 2.19. The SMILES string of the molecule is CN1CCC(CCNCc2cccc(OCCCC#N)c2)CC1. The summed E-state index contributed by atoms with van der Waals surface area (Å²) >= 11 is 0. The lowest BCUT2D eigenvalue weighted by molar-refractivity contribution is 0.211. The van der Waals surface area contributed by atoms with E-state index in [1.54, 1.807) is 0 Å². The normalized spacial score (nSPS) is 16.2. The summed E-state index contributed by atoms with van der Waals surface area (Å²) in [5, 5.41) is 12.1. The van der Waals surface area contributed by atoms with E-state index in [0.29, 0.717) is 13.0 Å². The predicted molar refractivity (Wildman–Crippen MR) is 93.3 cm³/mol. The molecule has 4 heteroatoms. The molecule has 0 aromatic heterocycles. The van der Waals surface area contributed by atoms with E-state index in [1.807, 2.05) is 12.1 Å². The van der Waals surface area contributed by atoms with Crippen LogP contribution in [-0.4, -0.2) is 38.2 Å². The van der Waals surface area contributed by atoms with Crippen LogP contribution in [0.4, 0.5) is 0 Å². The van der Waals surface area contributed by atoms with E-state index >= 15 is 0 Å². The molecule has 1 saturated heterocycles. The molecule has 0 radical (unpaired) electrons. The van der Waals surface area contributed by atoms with Crippen molar-refractivity contribution in [2.45, 2.75) is 38.6 Å². The van der Waals surface area contributed by atoms with Crippen LogP contribution in [0.1, 0.15) is 37.7 Å². The molecule has 1 aromatic rings. The summed E-state index contributed by atoms with van der Waals surface area (Å²) < 4.78 is 5.68. The van der Waals surface area contributed by atoms with Crippen molar-refractivity contribution in [2.24, 2.45) is 5.92 Å². The lowest BCUT2D eigenvalue weighted by Gasteiger charge is -2.28. The fourth-order valence-electron chi connectivity index (χ4n) is 2.98. The zero-order valence-corrected chi connectivity index (χ0v) is 14.3. The molecule has 1 aromatic carbocycles. The number of hydrogen-bond donors (Lipinski definition) is 1. The van der Waals surface area contributed by atoms with E-state index in [2.05, 4.69) is 35.5 Å². The first kappa shape index (κ1) is 17.8. The lowest BCUT2D eigenvalue weighted by atomic mass is 9.94. The van der Waals surface area contributed by atoms with Gasteiger partial charge in [-0.25, -0.2) is 0 Å². The molecule has 0 aliphatic carbocycles. The maximum atomic E-state index is 8.52. The molecule has 1 aliphatic heterocycles. The summed E-state index contributed by atoms with van der Waals surface area (Å²) in [7, 11) is 2.21. The van der Waals surface area contributed by atoms with Gasteiger partial charge < -0.3 is 15.0 Å². The Kier molecular flexibility index (Phi) is 7.92. The Labute approximate surface area is 140 Å². The summed E-state index contributed by atoms with van der Waals surface area (Å²) in [4.78, 5) is 2.42. The minimum absolute atomic E-state index is 0.554. The third kappa shape index (κ3) is 7.02. The van der Waals surface area contributed by atoms with Crippen molar-refractivity contribution >= 4 is 0 Å². The highest BCUT2D eigenvalue weighted by molar-refractivity contribution is 5.28. The summed E-state index contributed by atoms with van der Waals surface area (Å²) in [6, 6.07) is 10.4. The molecule has 2 rings (SSSR count). The van der Waals surface area contributed by atoms with Crippen LogP contribution < -0.4 is 10.1 Å². The zero-order valence-electron chi connectivity index (χ0n) is 14.3. The van der Waals surface area contributed by atoms with E-state index < -0.39 is 0 Å². The number of nitrogens with zero attached hydrogens (tertiary/aromatic N) is 2. The van der Waals surface area contributed by atoms with Crippen molar-refractivity contribution in [2.75, 3.05) is 33.3 Å². The van der Waals surface area contributed by atoms with Crippen molar-refractivity contribution in [3.63, 3.8) is 0 Å². The molecule has 1 N–H and O–H groups in total. The van der Waals surface area contributed by atoms with Gasteiger partial charge in [0, 0.05) is 13.0 Å². The van der Waals surface area contributed by atoms with E-state index in [0.717, 1.165) is 31.2 Å². The number of piperidine rings is 1. The monoisotopic (exact) mass is 315 g/mol. The number of benzene rings is 1. The Morgan fingerprint density at radius 1 is 1.35 bits per heavy atom. The Morgan fingerprint density at radius 2 is 2.17 bits per heavy atom. The number of unbranched alkanes of at least 4 members (excludes halogenated alkanes) is 1. The molecule has 4 nitrogen and oxygen atoms in total. The molecule has 0 spiro atoms. The molecule has 1 fully saturated rings. The number of rotatable bonds is 9. The van der Waals surface area contributed by atoms with Gasteiger partial charge in [0.1, 0.15) is 5.75 Å². The first-order valence-electron chi connectivity index (χ1n) is 8.76. The van der Waals surface area contributed by atoms with Gasteiger partial charge in [-0.2, -0.15) is 5.26 Å². The van der Waals surface area contributed by atoms with Gasteiger partial charge in [-0.1, -0.05) is 12.1 Å². The summed E-state index contributed by atoms with van der Waals surface area (Å²) in [5.41, 5.74) is 1.26. The second kappa shape index (κ2) is 10.3. The Morgan fingerprint density at radius 3 is 2.96 bits per heavy atom. The van der Waals surface area contributed by atoms with Gasteiger partial charge in [-0.3, -0.25) is 0 Å². The summed E-state index contributed by atoms with van der Waals surface area (Å²) in [5.74, 6) is 1.78. The minimum Gasteiger partial charge on any atom is -0.494 e. The predicted octanol–water partition coefficient (Wildman–Crippen LogP) is 3.19. The largest absolute Gasteiger partial charge is 0.494 e. The maximum absolute atomic E-state index is 8.52. The van der Waals surface area contributed by atoms with Gasteiger partial charge in [0.15, 0.2) is 0 Å². The molecular formula is C19H29N3O. The van der Waals surface area contributed by atoms with Crippen LogP contribution in [0.3, 0.4) is 0 Å². The van der Waals surface area contributed by atoms with E-state index in [4.69, 9.17) is 10.00 Å². The molecule has 1 heterocycles. The van der Waals surface area contributed by atoms with Crippen molar-refractivity contribution in [3.05, 3.63) is 29.8 Å². The topological polar surface area (TPSA) is 48.3 Å². The van der Waals surface area contributed by atoms with Gasteiger partial charge in [-0.05, 0) is 76.0 Å². The van der Waals surface area contributed by atoms with Gasteiger partial charge in [0.2, 0.25) is 0 Å². The fraction of sp³-hybridized carbons (Fsp3) is 0.632. The lowest BCUT2D eigenvalue weighted by Crippen LogP contribution is -2.31. The number of nitriles is 1. The Bertz CT molecular complexity index is 490. The first-order valence-corrected chi connectivity index (χ1v) is 8.76. The Hall–Kier alpha value is -1.57. The molecule has 1 aliphatic rings. The number of nitrogens with one attached hydrogen (secondary N) is 1. The van der Waals surface area contributed by atoms with Crippen LogP contribution in [-0.2, 0) is 6.54 Å². The molecule has 0 atom stereocenters. The van der Waals surface area contributed by atoms with Crippen molar-refractivity contribution < 1.29 is 4.74 Å². The van der Waals surface area contributed by atoms with E-state index in [-0.39, 0.29) is 0 Å². The second-order valence-corrected chi connectivity index (χ2v) is 6.47. The highest BCUT2D eigenvalue weighted by Gasteiger charge is 2.15. The molecule has 23 heavy (non-hydrogen) atoms. The van der Waals surface area contributed by atoms with Crippen LogP contribution in [0, 0.1) is 17.2 Å². The van der Waals surface area contributed by atoms with Crippen molar-refractivity contribution in [1.29, 1.82) is 5.26 Å².